The highest BCUT2D eigenvalue weighted by atomic mass is 16.2. The standard InChI is InChI=1S/C19H21NO/c1-19-12-6-5-9-16(19)20(2)18(21)17-14-8-4-3-7-13(14)10-11-15(17)19/h3-4,7-11,15,17H,5-6,12H2,1-2H3/t15-,17+,19+/m0/s1. The van der Waals surface area contributed by atoms with Gasteiger partial charge < -0.3 is 4.90 Å². The fraction of sp³-hybridized carbons (Fsp3) is 0.421. The van der Waals surface area contributed by atoms with Crippen LogP contribution in [0.5, 0.6) is 0 Å². The van der Waals surface area contributed by atoms with Crippen molar-refractivity contribution in [3.8, 4) is 0 Å². The molecule has 1 aromatic carbocycles. The van der Waals surface area contributed by atoms with Crippen LogP contribution in [-0.4, -0.2) is 17.9 Å². The van der Waals surface area contributed by atoms with Gasteiger partial charge in [-0.25, -0.2) is 0 Å². The number of allylic oxidation sites excluding steroid dienone is 3. The molecule has 0 aromatic heterocycles. The number of carbonyl (C=O) groups excluding carboxylic acids is 1. The van der Waals surface area contributed by atoms with Crippen LogP contribution in [0.1, 0.15) is 43.2 Å². The van der Waals surface area contributed by atoms with Gasteiger partial charge in [0.25, 0.3) is 0 Å². The molecule has 0 unspecified atom stereocenters. The van der Waals surface area contributed by atoms with Gasteiger partial charge in [-0.15, -0.1) is 0 Å². The summed E-state index contributed by atoms with van der Waals surface area (Å²) in [5.41, 5.74) is 3.74. The number of benzene rings is 1. The first-order valence-corrected chi connectivity index (χ1v) is 7.88. The Balaban J connectivity index is 1.91. The van der Waals surface area contributed by atoms with Gasteiger partial charge >= 0.3 is 0 Å². The summed E-state index contributed by atoms with van der Waals surface area (Å²) in [7, 11) is 1.95. The van der Waals surface area contributed by atoms with E-state index < -0.39 is 0 Å². The SMILES string of the molecule is CN1C(=O)[C@@H]2c3ccccc3C=C[C@@H]2[C@@]2(C)CCCC=C12. The van der Waals surface area contributed by atoms with E-state index in [1.165, 1.54) is 29.7 Å². The number of hydrogen-bond acceptors (Lipinski definition) is 1. The number of nitrogens with zero attached hydrogens (tertiary/aromatic N) is 1. The minimum absolute atomic E-state index is 0.0172. The number of piperidine rings is 1. The average molecular weight is 279 g/mol. The maximum Gasteiger partial charge on any atom is 0.234 e. The molecule has 21 heavy (non-hydrogen) atoms. The second-order valence-electron chi connectivity index (χ2n) is 6.79. The lowest BCUT2D eigenvalue weighted by atomic mass is 9.58. The van der Waals surface area contributed by atoms with Gasteiger partial charge in [0.15, 0.2) is 0 Å². The smallest absolute Gasteiger partial charge is 0.234 e. The van der Waals surface area contributed by atoms with Crippen molar-refractivity contribution < 1.29 is 4.79 Å². The van der Waals surface area contributed by atoms with Crippen LogP contribution < -0.4 is 0 Å². The maximum absolute atomic E-state index is 13.0. The molecule has 0 N–H and O–H groups in total. The zero-order valence-corrected chi connectivity index (χ0v) is 12.7. The second kappa shape index (κ2) is 4.33. The highest BCUT2D eigenvalue weighted by molar-refractivity contribution is 5.90. The van der Waals surface area contributed by atoms with Crippen LogP contribution in [0, 0.1) is 11.3 Å². The Labute approximate surface area is 126 Å². The Hall–Kier alpha value is -1.83. The molecule has 0 radical (unpaired) electrons. The van der Waals surface area contributed by atoms with Crippen molar-refractivity contribution in [1.82, 2.24) is 4.90 Å². The van der Waals surface area contributed by atoms with Crippen LogP contribution in [-0.2, 0) is 4.79 Å². The largest absolute Gasteiger partial charge is 0.318 e. The van der Waals surface area contributed by atoms with E-state index in [9.17, 15) is 4.79 Å². The molecule has 4 rings (SSSR count). The third-order valence-electron chi connectivity index (χ3n) is 5.69. The van der Waals surface area contributed by atoms with Gasteiger partial charge in [-0.3, -0.25) is 4.79 Å². The molecule has 2 heteroatoms. The van der Waals surface area contributed by atoms with Crippen molar-refractivity contribution >= 4 is 12.0 Å². The first kappa shape index (κ1) is 12.9. The fourth-order valence-electron chi connectivity index (χ4n) is 4.58. The topological polar surface area (TPSA) is 20.3 Å². The highest BCUT2D eigenvalue weighted by Crippen LogP contribution is 2.56. The number of fused-ring (bicyclic) bond motifs is 5. The van der Waals surface area contributed by atoms with Crippen molar-refractivity contribution in [3.05, 3.63) is 53.2 Å². The molecule has 0 bridgehead atoms. The molecule has 1 aromatic rings. The Kier molecular flexibility index (Phi) is 2.66. The number of carbonyl (C=O) groups is 1. The van der Waals surface area contributed by atoms with Gasteiger partial charge in [0.05, 0.1) is 5.92 Å². The van der Waals surface area contributed by atoms with Crippen LogP contribution >= 0.6 is 0 Å². The Morgan fingerprint density at radius 2 is 2.10 bits per heavy atom. The zero-order chi connectivity index (χ0) is 14.6. The van der Waals surface area contributed by atoms with Gasteiger partial charge in [-0.1, -0.05) is 49.4 Å². The molecule has 3 atom stereocenters. The molecule has 2 aliphatic carbocycles. The molecule has 3 aliphatic rings. The maximum atomic E-state index is 13.0. The molecular weight excluding hydrogens is 258 g/mol. The summed E-state index contributed by atoms with van der Waals surface area (Å²) in [4.78, 5) is 14.9. The molecule has 1 aliphatic heterocycles. The summed E-state index contributed by atoms with van der Waals surface area (Å²) in [6, 6.07) is 8.35. The summed E-state index contributed by atoms with van der Waals surface area (Å²) in [5.74, 6) is 0.529. The van der Waals surface area contributed by atoms with E-state index in [0.717, 1.165) is 6.42 Å². The van der Waals surface area contributed by atoms with E-state index in [4.69, 9.17) is 0 Å². The third-order valence-corrected chi connectivity index (χ3v) is 5.69. The monoisotopic (exact) mass is 279 g/mol. The van der Waals surface area contributed by atoms with E-state index in [2.05, 4.69) is 43.4 Å². The number of likely N-dealkylation sites (tertiary alicyclic amines) is 1. The minimum atomic E-state index is -0.0172. The van der Waals surface area contributed by atoms with E-state index in [0.29, 0.717) is 5.92 Å². The highest BCUT2D eigenvalue weighted by Gasteiger charge is 2.52. The lowest BCUT2D eigenvalue weighted by Gasteiger charge is -2.52. The molecule has 1 heterocycles. The first-order chi connectivity index (χ1) is 10.1. The minimum Gasteiger partial charge on any atom is -0.318 e. The number of likely N-dealkylation sites (N-methyl/N-ethyl adjacent to an activating group) is 1. The molecule has 1 amide bonds. The molecular formula is C19H21NO. The molecule has 2 nitrogen and oxygen atoms in total. The molecule has 108 valence electrons. The summed E-state index contributed by atoms with van der Waals surface area (Å²) in [6.07, 6.45) is 10.3. The van der Waals surface area contributed by atoms with E-state index in [-0.39, 0.29) is 17.2 Å². The van der Waals surface area contributed by atoms with E-state index >= 15 is 0 Å². The van der Waals surface area contributed by atoms with Crippen molar-refractivity contribution in [2.75, 3.05) is 7.05 Å². The zero-order valence-electron chi connectivity index (χ0n) is 12.7. The van der Waals surface area contributed by atoms with Gasteiger partial charge in [0.2, 0.25) is 5.91 Å². The predicted octanol–water partition coefficient (Wildman–Crippen LogP) is 3.96. The Morgan fingerprint density at radius 3 is 2.95 bits per heavy atom. The first-order valence-electron chi connectivity index (χ1n) is 7.88. The van der Waals surface area contributed by atoms with Gasteiger partial charge in [-0.05, 0) is 30.4 Å². The molecule has 1 fully saturated rings. The molecule has 0 spiro atoms. The van der Waals surface area contributed by atoms with Crippen LogP contribution in [0.3, 0.4) is 0 Å². The second-order valence-corrected chi connectivity index (χ2v) is 6.79. The number of amides is 1. The van der Waals surface area contributed by atoms with E-state index in [1.807, 2.05) is 18.0 Å². The summed E-state index contributed by atoms with van der Waals surface area (Å²) >= 11 is 0. The van der Waals surface area contributed by atoms with Gasteiger partial charge in [0.1, 0.15) is 0 Å². The van der Waals surface area contributed by atoms with Crippen molar-refractivity contribution in [2.24, 2.45) is 11.3 Å². The van der Waals surface area contributed by atoms with Crippen molar-refractivity contribution in [2.45, 2.75) is 32.1 Å². The van der Waals surface area contributed by atoms with Gasteiger partial charge in [0, 0.05) is 24.1 Å². The molecule has 1 saturated heterocycles. The van der Waals surface area contributed by atoms with Crippen LogP contribution in [0.4, 0.5) is 0 Å². The van der Waals surface area contributed by atoms with Crippen LogP contribution in [0.25, 0.3) is 6.08 Å². The average Bonchev–Trinajstić information content (AvgIpc) is 2.52. The number of rotatable bonds is 0. The quantitative estimate of drug-likeness (QED) is 0.704. The fourth-order valence-corrected chi connectivity index (χ4v) is 4.58. The Morgan fingerprint density at radius 1 is 1.29 bits per heavy atom. The lowest BCUT2D eigenvalue weighted by molar-refractivity contribution is -0.136. The normalized spacial score (nSPS) is 33.9. The predicted molar refractivity (Wildman–Crippen MR) is 84.5 cm³/mol. The number of hydrogen-bond donors (Lipinski definition) is 0. The van der Waals surface area contributed by atoms with Gasteiger partial charge in [-0.2, -0.15) is 0 Å². The van der Waals surface area contributed by atoms with Crippen molar-refractivity contribution in [1.29, 1.82) is 0 Å². The third kappa shape index (κ3) is 1.62. The summed E-state index contributed by atoms with van der Waals surface area (Å²) < 4.78 is 0. The molecule has 0 saturated carbocycles. The van der Waals surface area contributed by atoms with E-state index in [1.54, 1.807) is 0 Å². The van der Waals surface area contributed by atoms with Crippen molar-refractivity contribution in [3.63, 3.8) is 0 Å². The van der Waals surface area contributed by atoms with Crippen LogP contribution in [0.2, 0.25) is 0 Å². The lowest BCUT2D eigenvalue weighted by Crippen LogP contribution is -2.52. The Bertz CT molecular complexity index is 672. The summed E-state index contributed by atoms with van der Waals surface area (Å²) in [6.45, 7) is 2.34. The van der Waals surface area contributed by atoms with Crippen LogP contribution in [0.15, 0.2) is 42.1 Å². The summed E-state index contributed by atoms with van der Waals surface area (Å²) in [5, 5.41) is 0.